The summed E-state index contributed by atoms with van der Waals surface area (Å²) in [6.45, 7) is 0. The highest BCUT2D eigenvalue weighted by Crippen LogP contribution is 2.33. The molecule has 0 bridgehead atoms. The molecule has 25 heavy (non-hydrogen) atoms. The molecule has 0 aliphatic heterocycles. The fraction of sp³-hybridized carbons (Fsp3) is 0.353. The van der Waals surface area contributed by atoms with Gasteiger partial charge in [-0.2, -0.15) is 13.2 Å². The summed E-state index contributed by atoms with van der Waals surface area (Å²) in [4.78, 5) is 20.2. The predicted molar refractivity (Wildman–Crippen MR) is 86.5 cm³/mol. The van der Waals surface area contributed by atoms with Crippen LogP contribution in [-0.4, -0.2) is 20.4 Å². The molecule has 0 saturated heterocycles. The number of pyridine rings is 1. The van der Waals surface area contributed by atoms with Gasteiger partial charge in [0, 0.05) is 6.42 Å². The van der Waals surface area contributed by atoms with Crippen LogP contribution in [-0.2, 0) is 11.0 Å². The normalized spacial score (nSPS) is 17.2. The van der Waals surface area contributed by atoms with Gasteiger partial charge in [-0.3, -0.25) is 14.7 Å². The first kappa shape index (κ1) is 15.9. The number of fused-ring (bicyclic) bond motifs is 1. The van der Waals surface area contributed by atoms with E-state index in [1.807, 2.05) is 0 Å². The summed E-state index contributed by atoms with van der Waals surface area (Å²) in [5, 5.41) is 2.72. The van der Waals surface area contributed by atoms with E-state index in [1.54, 1.807) is 18.2 Å². The average Bonchev–Trinajstić information content (AvgIpc) is 2.78. The Labute approximate surface area is 141 Å². The Hall–Kier alpha value is -2.64. The molecule has 0 unspecified atom stereocenters. The van der Waals surface area contributed by atoms with E-state index in [1.165, 1.54) is 10.6 Å². The lowest BCUT2D eigenvalue weighted by Gasteiger charge is -2.24. The first-order valence-electron chi connectivity index (χ1n) is 8.07. The van der Waals surface area contributed by atoms with Crippen molar-refractivity contribution in [3.05, 3.63) is 36.1 Å². The maximum atomic E-state index is 13.0. The predicted octanol–water partition coefficient (Wildman–Crippen LogP) is 3.99. The van der Waals surface area contributed by atoms with E-state index in [-0.39, 0.29) is 17.5 Å². The third-order valence-corrected chi connectivity index (χ3v) is 4.54. The molecule has 1 amide bonds. The molecule has 0 radical (unpaired) electrons. The van der Waals surface area contributed by atoms with Crippen LogP contribution in [0.25, 0.3) is 16.9 Å². The van der Waals surface area contributed by atoms with Gasteiger partial charge in [-0.25, -0.2) is 9.97 Å². The molecule has 2 aliphatic rings. The fourth-order valence-corrected chi connectivity index (χ4v) is 2.91. The topological polar surface area (TPSA) is 59.8 Å². The standard InChI is InChI=1S/C17H15F3N4O/c18-17(19,20)13-8-7-12-15(22-13)24(11-5-2-6-11)16(21-12)23-14(25)9-10-3-1-4-10/h2,5-8,10H,1,3-4,9H2,(H,21,23,25). The van der Waals surface area contributed by atoms with Gasteiger partial charge < -0.3 is 0 Å². The number of allylic oxidation sites excluding steroid dienone is 4. The molecule has 0 aromatic carbocycles. The highest BCUT2D eigenvalue weighted by atomic mass is 19.4. The van der Waals surface area contributed by atoms with Gasteiger partial charge in [-0.15, -0.1) is 0 Å². The second kappa shape index (κ2) is 5.72. The lowest BCUT2D eigenvalue weighted by Crippen LogP contribution is -2.22. The second-order valence-electron chi connectivity index (χ2n) is 6.31. The highest BCUT2D eigenvalue weighted by molar-refractivity contribution is 5.93. The number of nitrogens with one attached hydrogen (secondary N) is 1. The zero-order valence-corrected chi connectivity index (χ0v) is 13.2. The van der Waals surface area contributed by atoms with Crippen LogP contribution < -0.4 is 5.32 Å². The van der Waals surface area contributed by atoms with Crippen molar-refractivity contribution in [1.29, 1.82) is 0 Å². The van der Waals surface area contributed by atoms with Crippen molar-refractivity contribution in [1.82, 2.24) is 14.5 Å². The van der Waals surface area contributed by atoms with Crippen LogP contribution in [0.15, 0.2) is 30.4 Å². The Bertz CT molecular complexity index is 906. The van der Waals surface area contributed by atoms with Gasteiger partial charge in [0.25, 0.3) is 0 Å². The van der Waals surface area contributed by atoms with Gasteiger partial charge in [-0.05, 0) is 43.0 Å². The number of rotatable bonds is 4. The van der Waals surface area contributed by atoms with E-state index < -0.39 is 11.9 Å². The fourth-order valence-electron chi connectivity index (χ4n) is 2.91. The van der Waals surface area contributed by atoms with Crippen molar-refractivity contribution in [3.63, 3.8) is 0 Å². The van der Waals surface area contributed by atoms with Gasteiger partial charge in [0.05, 0.1) is 5.70 Å². The summed E-state index contributed by atoms with van der Waals surface area (Å²) in [6, 6.07) is 2.16. The molecule has 130 valence electrons. The maximum Gasteiger partial charge on any atom is 0.433 e. The van der Waals surface area contributed by atoms with Crippen LogP contribution in [0, 0.1) is 5.92 Å². The number of aromatic nitrogens is 3. The Balaban J connectivity index is 1.71. The molecule has 2 aliphatic carbocycles. The minimum absolute atomic E-state index is 0.0735. The molecular weight excluding hydrogens is 333 g/mol. The second-order valence-corrected chi connectivity index (χ2v) is 6.31. The molecule has 1 saturated carbocycles. The Kier molecular flexibility index (Phi) is 3.63. The molecule has 0 atom stereocenters. The smallest absolute Gasteiger partial charge is 0.296 e. The van der Waals surface area contributed by atoms with E-state index in [2.05, 4.69) is 15.3 Å². The number of hydrogen-bond acceptors (Lipinski definition) is 3. The van der Waals surface area contributed by atoms with Crippen LogP contribution >= 0.6 is 0 Å². The van der Waals surface area contributed by atoms with Crippen LogP contribution in [0.2, 0.25) is 0 Å². The third kappa shape index (κ3) is 2.92. The highest BCUT2D eigenvalue weighted by Gasteiger charge is 2.33. The van der Waals surface area contributed by atoms with Crippen LogP contribution in [0.1, 0.15) is 31.4 Å². The third-order valence-electron chi connectivity index (χ3n) is 4.54. The van der Waals surface area contributed by atoms with Gasteiger partial charge in [0.1, 0.15) is 11.2 Å². The number of hydrogen-bond donors (Lipinski definition) is 1. The molecular formula is C17H15F3N4O. The molecule has 4 rings (SSSR count). The van der Waals surface area contributed by atoms with Crippen LogP contribution in [0.5, 0.6) is 0 Å². The quantitative estimate of drug-likeness (QED) is 0.909. The lowest BCUT2D eigenvalue weighted by molar-refractivity contribution is -0.141. The number of imidazole rings is 1. The number of amides is 1. The van der Waals surface area contributed by atoms with Crippen LogP contribution in [0.3, 0.4) is 0 Å². The largest absolute Gasteiger partial charge is 0.433 e. The van der Waals surface area contributed by atoms with Gasteiger partial charge in [0.2, 0.25) is 11.9 Å². The van der Waals surface area contributed by atoms with Crippen molar-refractivity contribution >= 4 is 28.7 Å². The van der Waals surface area contributed by atoms with Crippen molar-refractivity contribution in [2.75, 3.05) is 5.32 Å². The summed E-state index contributed by atoms with van der Waals surface area (Å²) < 4.78 is 40.3. The summed E-state index contributed by atoms with van der Waals surface area (Å²) >= 11 is 0. The lowest BCUT2D eigenvalue weighted by atomic mass is 9.83. The minimum atomic E-state index is -4.54. The molecule has 2 aromatic rings. The van der Waals surface area contributed by atoms with Crippen molar-refractivity contribution in [2.24, 2.45) is 5.92 Å². The van der Waals surface area contributed by atoms with Gasteiger partial charge in [0.15, 0.2) is 5.65 Å². The first-order valence-corrected chi connectivity index (χ1v) is 8.07. The van der Waals surface area contributed by atoms with Gasteiger partial charge in [-0.1, -0.05) is 12.5 Å². The summed E-state index contributed by atoms with van der Waals surface area (Å²) in [5.74, 6) is 0.401. The molecule has 2 aromatic heterocycles. The summed E-state index contributed by atoms with van der Waals surface area (Å²) in [6.07, 6.45) is 4.28. The molecule has 1 N–H and O–H groups in total. The zero-order valence-electron chi connectivity index (χ0n) is 13.2. The monoisotopic (exact) mass is 348 g/mol. The zero-order chi connectivity index (χ0) is 17.6. The molecule has 2 heterocycles. The number of alkyl halides is 3. The van der Waals surface area contributed by atoms with E-state index in [4.69, 9.17) is 0 Å². The molecule has 0 spiro atoms. The maximum absolute atomic E-state index is 13.0. The number of halogens is 3. The van der Waals surface area contributed by atoms with E-state index >= 15 is 0 Å². The van der Waals surface area contributed by atoms with Gasteiger partial charge >= 0.3 is 6.18 Å². The van der Waals surface area contributed by atoms with Crippen molar-refractivity contribution in [3.8, 4) is 0 Å². The Morgan fingerprint density at radius 2 is 2.04 bits per heavy atom. The SMILES string of the molecule is O=C(CC1CCC1)Nc1nc2ccc(C(F)(F)F)nc2n1C1=CC=C1. The first-order chi connectivity index (χ1) is 11.9. The van der Waals surface area contributed by atoms with Crippen molar-refractivity contribution < 1.29 is 18.0 Å². The molecule has 8 heteroatoms. The van der Waals surface area contributed by atoms with Crippen molar-refractivity contribution in [2.45, 2.75) is 31.9 Å². The van der Waals surface area contributed by atoms with E-state index in [9.17, 15) is 18.0 Å². The minimum Gasteiger partial charge on any atom is -0.296 e. The molecule has 1 fully saturated rings. The molecule has 5 nitrogen and oxygen atoms in total. The van der Waals surface area contributed by atoms with E-state index in [0.717, 1.165) is 25.3 Å². The number of anilines is 1. The summed E-state index contributed by atoms with van der Waals surface area (Å²) in [5.41, 5.74) is 0.0168. The Morgan fingerprint density at radius 3 is 2.60 bits per heavy atom. The summed E-state index contributed by atoms with van der Waals surface area (Å²) in [7, 11) is 0. The average molecular weight is 348 g/mol. The van der Waals surface area contributed by atoms with E-state index in [0.29, 0.717) is 23.6 Å². The number of carbonyl (C=O) groups is 1. The van der Waals surface area contributed by atoms with Crippen LogP contribution in [0.4, 0.5) is 19.1 Å². The number of nitrogens with zero attached hydrogens (tertiary/aromatic N) is 3. The number of carbonyl (C=O) groups excluding carboxylic acids is 1. The Morgan fingerprint density at radius 1 is 1.28 bits per heavy atom.